The van der Waals surface area contributed by atoms with E-state index in [0.29, 0.717) is 0 Å². The second-order valence-corrected chi connectivity index (χ2v) is 5.40. The smallest absolute Gasteiger partial charge is 0.320 e. The van der Waals surface area contributed by atoms with Crippen molar-refractivity contribution in [3.63, 3.8) is 0 Å². The number of aliphatic carboxylic acids is 1. The van der Waals surface area contributed by atoms with Gasteiger partial charge in [0, 0.05) is 24.6 Å². The Morgan fingerprint density at radius 3 is 2.33 bits per heavy atom. The lowest BCUT2D eigenvalue weighted by Crippen LogP contribution is -2.40. The van der Waals surface area contributed by atoms with Gasteiger partial charge < -0.3 is 5.11 Å². The number of hydrogen-bond donors (Lipinski definition) is 1. The lowest BCUT2D eigenvalue weighted by Gasteiger charge is -2.23. The van der Waals surface area contributed by atoms with Gasteiger partial charge in [-0.15, -0.1) is 0 Å². The fourth-order valence-corrected chi connectivity index (χ4v) is 3.09. The van der Waals surface area contributed by atoms with Gasteiger partial charge in [0.1, 0.15) is 6.04 Å². The van der Waals surface area contributed by atoms with Crippen LogP contribution in [0.4, 0.5) is 0 Å². The zero-order valence-corrected chi connectivity index (χ0v) is 8.66. The highest BCUT2D eigenvalue weighted by Crippen LogP contribution is 2.24. The van der Waals surface area contributed by atoms with Gasteiger partial charge >= 0.3 is 5.97 Å². The molecule has 0 spiro atoms. The third-order valence-electron chi connectivity index (χ3n) is 1.91. The van der Waals surface area contributed by atoms with E-state index in [1.165, 1.54) is 0 Å². The molecule has 1 aliphatic rings. The summed E-state index contributed by atoms with van der Waals surface area (Å²) < 4.78 is 0. The van der Waals surface area contributed by atoms with E-state index < -0.39 is 5.97 Å². The Labute approximate surface area is 80.3 Å². The van der Waals surface area contributed by atoms with Gasteiger partial charge in [0.15, 0.2) is 0 Å². The molecule has 3 nitrogen and oxygen atoms in total. The lowest BCUT2D eigenvalue weighted by molar-refractivity contribution is -0.142. The van der Waals surface area contributed by atoms with Gasteiger partial charge in [0.25, 0.3) is 0 Å². The Morgan fingerprint density at radius 2 is 1.92 bits per heavy atom. The molecule has 0 aliphatic carbocycles. The quantitative estimate of drug-likeness (QED) is 0.688. The second-order valence-electron chi connectivity index (χ2n) is 2.69. The summed E-state index contributed by atoms with van der Waals surface area (Å²) in [5.74, 6) is 1.34. The van der Waals surface area contributed by atoms with Crippen LogP contribution in [0.2, 0.25) is 0 Å². The first-order valence-electron chi connectivity index (χ1n) is 3.93. The largest absolute Gasteiger partial charge is 0.480 e. The molecule has 70 valence electrons. The zero-order chi connectivity index (χ0) is 8.97. The second kappa shape index (κ2) is 4.99. The standard InChI is InChI=1S/C7H13NO2S2/c1-6(7(9)10)8-2-4-11-12-5-3-8/h6H,2-5H2,1H3,(H,9,10). The van der Waals surface area contributed by atoms with Crippen LogP contribution in [-0.4, -0.2) is 46.6 Å². The molecule has 1 saturated heterocycles. The number of hydrogen-bond acceptors (Lipinski definition) is 4. The number of carboxylic acids is 1. The van der Waals surface area contributed by atoms with E-state index >= 15 is 0 Å². The van der Waals surface area contributed by atoms with Crippen molar-refractivity contribution in [2.45, 2.75) is 13.0 Å². The number of carbonyl (C=O) groups is 1. The average molecular weight is 207 g/mol. The minimum absolute atomic E-state index is 0.329. The van der Waals surface area contributed by atoms with E-state index in [1.807, 2.05) is 26.5 Å². The van der Waals surface area contributed by atoms with Crippen molar-refractivity contribution in [3.05, 3.63) is 0 Å². The van der Waals surface area contributed by atoms with Crippen molar-refractivity contribution >= 4 is 27.6 Å². The molecule has 0 aromatic rings. The highest BCUT2D eigenvalue weighted by atomic mass is 33.1. The molecule has 5 heteroatoms. The van der Waals surface area contributed by atoms with Crippen LogP contribution in [-0.2, 0) is 4.79 Å². The van der Waals surface area contributed by atoms with Crippen LogP contribution in [0.3, 0.4) is 0 Å². The Bertz CT molecular complexity index is 157. The van der Waals surface area contributed by atoms with Crippen LogP contribution in [0.5, 0.6) is 0 Å². The molecular formula is C7H13NO2S2. The first-order chi connectivity index (χ1) is 5.72. The zero-order valence-electron chi connectivity index (χ0n) is 7.02. The van der Waals surface area contributed by atoms with Crippen LogP contribution in [0.1, 0.15) is 6.92 Å². The van der Waals surface area contributed by atoms with Crippen molar-refractivity contribution in [2.75, 3.05) is 24.6 Å². The molecule has 1 unspecified atom stereocenters. The topological polar surface area (TPSA) is 40.5 Å². The highest BCUT2D eigenvalue weighted by molar-refractivity contribution is 8.76. The summed E-state index contributed by atoms with van der Waals surface area (Å²) in [7, 11) is 3.66. The predicted molar refractivity (Wildman–Crippen MR) is 53.6 cm³/mol. The molecule has 0 saturated carbocycles. The molecule has 1 rings (SSSR count). The fraction of sp³-hybridized carbons (Fsp3) is 0.857. The first kappa shape index (κ1) is 10.2. The molecule has 0 aromatic carbocycles. The molecule has 1 atom stereocenters. The molecule has 1 heterocycles. The molecular weight excluding hydrogens is 194 g/mol. The minimum Gasteiger partial charge on any atom is -0.480 e. The SMILES string of the molecule is CC(C(=O)O)N1CCSSCC1. The average Bonchev–Trinajstić information content (AvgIpc) is 2.30. The Balaban J connectivity index is 2.42. The van der Waals surface area contributed by atoms with Gasteiger partial charge in [-0.3, -0.25) is 9.69 Å². The van der Waals surface area contributed by atoms with Gasteiger partial charge in [-0.1, -0.05) is 21.6 Å². The van der Waals surface area contributed by atoms with Crippen LogP contribution >= 0.6 is 21.6 Å². The van der Waals surface area contributed by atoms with Gasteiger partial charge in [-0.2, -0.15) is 0 Å². The summed E-state index contributed by atoms with van der Waals surface area (Å²) in [6.45, 7) is 3.54. The number of rotatable bonds is 2. The Morgan fingerprint density at radius 1 is 1.42 bits per heavy atom. The maximum absolute atomic E-state index is 10.7. The Kier molecular flexibility index (Phi) is 4.25. The normalized spacial score (nSPS) is 23.1. The summed E-state index contributed by atoms with van der Waals surface area (Å²) in [5, 5.41) is 8.77. The maximum Gasteiger partial charge on any atom is 0.320 e. The molecule has 1 aliphatic heterocycles. The molecule has 1 N–H and O–H groups in total. The van der Waals surface area contributed by atoms with Crippen molar-refractivity contribution in [2.24, 2.45) is 0 Å². The van der Waals surface area contributed by atoms with E-state index in [0.717, 1.165) is 24.6 Å². The van der Waals surface area contributed by atoms with E-state index in [1.54, 1.807) is 6.92 Å². The van der Waals surface area contributed by atoms with Gasteiger partial charge in [0.2, 0.25) is 0 Å². The summed E-state index contributed by atoms with van der Waals surface area (Å²) >= 11 is 0. The molecule has 0 bridgehead atoms. The summed E-state index contributed by atoms with van der Waals surface area (Å²) in [4.78, 5) is 12.7. The lowest BCUT2D eigenvalue weighted by atomic mass is 10.3. The van der Waals surface area contributed by atoms with Crippen molar-refractivity contribution in [3.8, 4) is 0 Å². The van der Waals surface area contributed by atoms with Gasteiger partial charge in [0.05, 0.1) is 0 Å². The summed E-state index contributed by atoms with van der Waals surface area (Å²) in [5.41, 5.74) is 0. The van der Waals surface area contributed by atoms with Crippen LogP contribution in [0.25, 0.3) is 0 Å². The molecule has 0 radical (unpaired) electrons. The van der Waals surface area contributed by atoms with E-state index in [-0.39, 0.29) is 6.04 Å². The summed E-state index contributed by atoms with van der Waals surface area (Å²) in [6, 6.07) is -0.329. The van der Waals surface area contributed by atoms with Crippen molar-refractivity contribution in [1.29, 1.82) is 0 Å². The third kappa shape index (κ3) is 2.88. The van der Waals surface area contributed by atoms with Gasteiger partial charge in [-0.25, -0.2) is 0 Å². The van der Waals surface area contributed by atoms with E-state index in [2.05, 4.69) is 0 Å². The van der Waals surface area contributed by atoms with Crippen LogP contribution in [0.15, 0.2) is 0 Å². The van der Waals surface area contributed by atoms with Gasteiger partial charge in [-0.05, 0) is 6.92 Å². The van der Waals surface area contributed by atoms with Crippen LogP contribution in [0, 0.1) is 0 Å². The van der Waals surface area contributed by atoms with Crippen molar-refractivity contribution in [1.82, 2.24) is 4.90 Å². The third-order valence-corrected chi connectivity index (χ3v) is 4.28. The molecule has 0 aromatic heterocycles. The van der Waals surface area contributed by atoms with Crippen molar-refractivity contribution < 1.29 is 9.90 Å². The maximum atomic E-state index is 10.7. The molecule has 1 fully saturated rings. The van der Waals surface area contributed by atoms with E-state index in [4.69, 9.17) is 5.11 Å². The fourth-order valence-electron chi connectivity index (χ4n) is 1.08. The Hall–Kier alpha value is 0.130. The number of carboxylic acid groups (broad SMARTS) is 1. The first-order valence-corrected chi connectivity index (χ1v) is 6.42. The molecule has 12 heavy (non-hydrogen) atoms. The van der Waals surface area contributed by atoms with E-state index in [9.17, 15) is 4.79 Å². The highest BCUT2D eigenvalue weighted by Gasteiger charge is 2.21. The predicted octanol–water partition coefficient (Wildman–Crippen LogP) is 1.16. The minimum atomic E-state index is -0.716. The summed E-state index contributed by atoms with van der Waals surface area (Å²) in [6.07, 6.45) is 0. The monoisotopic (exact) mass is 207 g/mol. The molecule has 0 amide bonds. The van der Waals surface area contributed by atoms with Crippen LogP contribution < -0.4 is 0 Å². The number of nitrogens with zero attached hydrogens (tertiary/aromatic N) is 1.